The molecule has 7 heteroatoms. The van der Waals surface area contributed by atoms with Crippen LogP contribution in [0.2, 0.25) is 0 Å². The van der Waals surface area contributed by atoms with Crippen molar-refractivity contribution >= 4 is 17.9 Å². The van der Waals surface area contributed by atoms with Crippen LogP contribution in [0.25, 0.3) is 0 Å². The quantitative estimate of drug-likeness (QED) is 0.742. The average Bonchev–Trinajstić information content (AvgIpc) is 2.60. The first-order valence-electron chi connectivity index (χ1n) is 7.09. The van der Waals surface area contributed by atoms with E-state index in [-0.39, 0.29) is 11.3 Å². The summed E-state index contributed by atoms with van der Waals surface area (Å²) in [6.07, 6.45) is -1.29. The largest absolute Gasteiger partial charge is 0.508 e. The SMILES string of the molecule is CNC(=O)NC(=O)[C@H](OC(=O)c1ccc(O)cc1)c1ccccc1. The number of hydrogen-bond acceptors (Lipinski definition) is 5. The van der Waals surface area contributed by atoms with E-state index < -0.39 is 24.0 Å². The second-order valence-electron chi connectivity index (χ2n) is 4.81. The molecular formula is C17H16N2O5. The monoisotopic (exact) mass is 328 g/mol. The standard InChI is InChI=1S/C17H16N2O5/c1-18-17(23)19-15(21)14(11-5-3-2-4-6-11)24-16(22)12-7-9-13(20)10-8-12/h2-10,14,20H,1H3,(H2,18,19,21,23)/t14-/m1/s1. The molecule has 0 radical (unpaired) electrons. The smallest absolute Gasteiger partial charge is 0.339 e. The molecule has 7 nitrogen and oxygen atoms in total. The van der Waals surface area contributed by atoms with Crippen LogP contribution in [-0.2, 0) is 9.53 Å². The van der Waals surface area contributed by atoms with Gasteiger partial charge in [0.25, 0.3) is 5.91 Å². The molecule has 2 aromatic carbocycles. The van der Waals surface area contributed by atoms with Crippen molar-refractivity contribution < 1.29 is 24.2 Å². The molecular weight excluding hydrogens is 312 g/mol. The molecule has 2 aromatic rings. The summed E-state index contributed by atoms with van der Waals surface area (Å²) in [5.74, 6) is -1.52. The summed E-state index contributed by atoms with van der Waals surface area (Å²) in [4.78, 5) is 35.8. The van der Waals surface area contributed by atoms with Crippen molar-refractivity contribution in [1.82, 2.24) is 10.6 Å². The molecule has 0 aromatic heterocycles. The Kier molecular flexibility index (Phi) is 5.51. The van der Waals surface area contributed by atoms with E-state index in [9.17, 15) is 19.5 Å². The maximum atomic E-state index is 12.2. The Morgan fingerprint density at radius 1 is 1.00 bits per heavy atom. The number of urea groups is 1. The molecule has 0 saturated carbocycles. The molecule has 0 aliphatic heterocycles. The van der Waals surface area contributed by atoms with Crippen molar-refractivity contribution in [1.29, 1.82) is 0 Å². The van der Waals surface area contributed by atoms with Gasteiger partial charge < -0.3 is 15.2 Å². The summed E-state index contributed by atoms with van der Waals surface area (Å²) >= 11 is 0. The molecule has 0 saturated heterocycles. The number of esters is 1. The van der Waals surface area contributed by atoms with Crippen molar-refractivity contribution in [3.63, 3.8) is 0 Å². The van der Waals surface area contributed by atoms with Gasteiger partial charge in [-0.1, -0.05) is 30.3 Å². The predicted octanol–water partition coefficient (Wildman–Crippen LogP) is 1.75. The number of benzene rings is 2. The average molecular weight is 328 g/mol. The molecule has 0 unspecified atom stereocenters. The normalized spacial score (nSPS) is 11.2. The zero-order valence-corrected chi connectivity index (χ0v) is 12.9. The summed E-state index contributed by atoms with van der Waals surface area (Å²) in [6.45, 7) is 0. The van der Waals surface area contributed by atoms with E-state index in [2.05, 4.69) is 10.6 Å². The lowest BCUT2D eigenvalue weighted by Gasteiger charge is -2.17. The van der Waals surface area contributed by atoms with E-state index in [1.807, 2.05) is 0 Å². The number of carbonyl (C=O) groups is 3. The van der Waals surface area contributed by atoms with Gasteiger partial charge in [0.2, 0.25) is 6.10 Å². The third-order valence-electron chi connectivity index (χ3n) is 3.13. The lowest BCUT2D eigenvalue weighted by atomic mass is 10.1. The molecule has 0 bridgehead atoms. The van der Waals surface area contributed by atoms with E-state index in [1.165, 1.54) is 31.3 Å². The Bertz CT molecular complexity index is 728. The van der Waals surface area contributed by atoms with Crippen LogP contribution < -0.4 is 10.6 Å². The van der Waals surface area contributed by atoms with E-state index in [0.29, 0.717) is 5.56 Å². The van der Waals surface area contributed by atoms with Gasteiger partial charge in [-0.3, -0.25) is 10.1 Å². The van der Waals surface area contributed by atoms with E-state index in [1.54, 1.807) is 30.3 Å². The highest BCUT2D eigenvalue weighted by Gasteiger charge is 2.26. The minimum atomic E-state index is -1.29. The number of imide groups is 1. The topological polar surface area (TPSA) is 105 Å². The number of hydrogen-bond donors (Lipinski definition) is 3. The minimum absolute atomic E-state index is 0.00326. The highest BCUT2D eigenvalue weighted by molar-refractivity contribution is 5.99. The van der Waals surface area contributed by atoms with Gasteiger partial charge in [0.15, 0.2) is 0 Å². The Balaban J connectivity index is 2.22. The lowest BCUT2D eigenvalue weighted by molar-refractivity contribution is -0.129. The van der Waals surface area contributed by atoms with E-state index >= 15 is 0 Å². The fourth-order valence-electron chi connectivity index (χ4n) is 1.91. The van der Waals surface area contributed by atoms with Crippen molar-refractivity contribution in [3.05, 3.63) is 65.7 Å². The Morgan fingerprint density at radius 3 is 2.21 bits per heavy atom. The van der Waals surface area contributed by atoms with E-state index in [0.717, 1.165) is 0 Å². The summed E-state index contributed by atoms with van der Waals surface area (Å²) in [6, 6.07) is 13.0. The highest BCUT2D eigenvalue weighted by atomic mass is 16.5. The molecule has 24 heavy (non-hydrogen) atoms. The van der Waals surface area contributed by atoms with Gasteiger partial charge in [0.1, 0.15) is 5.75 Å². The number of phenols is 1. The van der Waals surface area contributed by atoms with Crippen LogP contribution in [-0.4, -0.2) is 30.1 Å². The first-order chi connectivity index (χ1) is 11.5. The van der Waals surface area contributed by atoms with Gasteiger partial charge in [0.05, 0.1) is 5.56 Å². The van der Waals surface area contributed by atoms with Gasteiger partial charge in [-0.15, -0.1) is 0 Å². The van der Waals surface area contributed by atoms with Crippen molar-refractivity contribution in [3.8, 4) is 5.75 Å². The number of carbonyl (C=O) groups excluding carboxylic acids is 3. The zero-order chi connectivity index (χ0) is 17.5. The maximum Gasteiger partial charge on any atom is 0.339 e. The molecule has 3 N–H and O–H groups in total. The maximum absolute atomic E-state index is 12.2. The van der Waals surface area contributed by atoms with Crippen LogP contribution in [0.15, 0.2) is 54.6 Å². The summed E-state index contributed by atoms with van der Waals surface area (Å²) in [5, 5.41) is 13.6. The molecule has 0 aliphatic carbocycles. The number of ether oxygens (including phenoxy) is 1. The zero-order valence-electron chi connectivity index (χ0n) is 12.9. The van der Waals surface area contributed by atoms with Gasteiger partial charge in [-0.05, 0) is 24.3 Å². The van der Waals surface area contributed by atoms with Crippen LogP contribution in [0.1, 0.15) is 22.0 Å². The van der Waals surface area contributed by atoms with Gasteiger partial charge in [0, 0.05) is 12.6 Å². The summed E-state index contributed by atoms with van der Waals surface area (Å²) in [5.41, 5.74) is 0.590. The molecule has 0 heterocycles. The van der Waals surface area contributed by atoms with Crippen molar-refractivity contribution in [2.24, 2.45) is 0 Å². The highest BCUT2D eigenvalue weighted by Crippen LogP contribution is 2.20. The number of phenolic OH excluding ortho intramolecular Hbond substituents is 1. The van der Waals surface area contributed by atoms with Crippen molar-refractivity contribution in [2.45, 2.75) is 6.10 Å². The number of nitrogens with one attached hydrogen (secondary N) is 2. The predicted molar refractivity (Wildman–Crippen MR) is 85.3 cm³/mol. The number of amides is 3. The minimum Gasteiger partial charge on any atom is -0.508 e. The molecule has 0 fully saturated rings. The van der Waals surface area contributed by atoms with E-state index in [4.69, 9.17) is 4.74 Å². The lowest BCUT2D eigenvalue weighted by Crippen LogP contribution is -2.41. The second-order valence-corrected chi connectivity index (χ2v) is 4.81. The van der Waals surface area contributed by atoms with Gasteiger partial charge in [-0.25, -0.2) is 9.59 Å². The van der Waals surface area contributed by atoms with Crippen LogP contribution in [0.5, 0.6) is 5.75 Å². The first-order valence-corrected chi connectivity index (χ1v) is 7.09. The second kappa shape index (κ2) is 7.77. The summed E-state index contributed by atoms with van der Waals surface area (Å²) < 4.78 is 5.26. The Morgan fingerprint density at radius 2 is 1.62 bits per heavy atom. The van der Waals surface area contributed by atoms with Gasteiger partial charge in [-0.2, -0.15) is 0 Å². The molecule has 1 atom stereocenters. The third kappa shape index (κ3) is 4.33. The number of aromatic hydroxyl groups is 1. The Labute approximate surface area is 138 Å². The molecule has 0 aliphatic rings. The number of rotatable bonds is 4. The third-order valence-corrected chi connectivity index (χ3v) is 3.13. The van der Waals surface area contributed by atoms with Crippen LogP contribution >= 0.6 is 0 Å². The first kappa shape index (κ1) is 17.0. The van der Waals surface area contributed by atoms with Crippen LogP contribution in [0.3, 0.4) is 0 Å². The van der Waals surface area contributed by atoms with Crippen molar-refractivity contribution in [2.75, 3.05) is 7.05 Å². The molecule has 2 rings (SSSR count). The van der Waals surface area contributed by atoms with Crippen LogP contribution in [0, 0.1) is 0 Å². The summed E-state index contributed by atoms with van der Waals surface area (Å²) in [7, 11) is 1.36. The Hall–Kier alpha value is -3.35. The molecule has 124 valence electrons. The molecule has 3 amide bonds. The fraction of sp³-hybridized carbons (Fsp3) is 0.118. The fourth-order valence-corrected chi connectivity index (χ4v) is 1.91. The van der Waals surface area contributed by atoms with Crippen LogP contribution in [0.4, 0.5) is 4.79 Å². The molecule has 0 spiro atoms. The van der Waals surface area contributed by atoms with Gasteiger partial charge >= 0.3 is 12.0 Å².